The molecule has 1 aromatic carbocycles. The highest BCUT2D eigenvalue weighted by molar-refractivity contribution is 7.99. The first-order valence-corrected chi connectivity index (χ1v) is 10.2. The minimum atomic E-state index is 0.126. The minimum absolute atomic E-state index is 0.126. The van der Waals surface area contributed by atoms with Crippen LogP contribution in [0, 0.1) is 0 Å². The van der Waals surface area contributed by atoms with Crippen molar-refractivity contribution in [3.05, 3.63) is 54.0 Å². The molecule has 0 bridgehead atoms. The number of hydrogen-bond donors (Lipinski definition) is 0. The van der Waals surface area contributed by atoms with Crippen molar-refractivity contribution in [3.63, 3.8) is 0 Å². The van der Waals surface area contributed by atoms with E-state index in [4.69, 9.17) is 9.15 Å². The van der Waals surface area contributed by atoms with E-state index in [0.29, 0.717) is 13.2 Å². The van der Waals surface area contributed by atoms with Crippen molar-refractivity contribution in [2.45, 2.75) is 44.8 Å². The van der Waals surface area contributed by atoms with Gasteiger partial charge in [0.15, 0.2) is 11.0 Å². The molecule has 2 heterocycles. The second kappa shape index (κ2) is 8.76. The van der Waals surface area contributed by atoms with E-state index in [-0.39, 0.29) is 5.41 Å². The van der Waals surface area contributed by atoms with Crippen molar-refractivity contribution < 1.29 is 9.15 Å². The zero-order valence-electron chi connectivity index (χ0n) is 16.4. The second-order valence-corrected chi connectivity index (χ2v) is 8.41. The van der Waals surface area contributed by atoms with E-state index in [0.717, 1.165) is 34.7 Å². The van der Waals surface area contributed by atoms with Crippen LogP contribution in [0.25, 0.3) is 11.4 Å². The highest BCUT2D eigenvalue weighted by Crippen LogP contribution is 2.28. The van der Waals surface area contributed by atoms with E-state index in [2.05, 4.69) is 59.8 Å². The van der Waals surface area contributed by atoms with Gasteiger partial charge in [-0.05, 0) is 30.0 Å². The molecule has 0 aliphatic rings. The quantitative estimate of drug-likeness (QED) is 0.403. The van der Waals surface area contributed by atoms with Gasteiger partial charge in [-0.2, -0.15) is 0 Å². The molecule has 0 aliphatic carbocycles. The fourth-order valence-corrected chi connectivity index (χ4v) is 3.55. The summed E-state index contributed by atoms with van der Waals surface area (Å²) in [4.78, 5) is 0. The second-order valence-electron chi connectivity index (χ2n) is 7.34. The number of benzene rings is 1. The van der Waals surface area contributed by atoms with Gasteiger partial charge in [0.05, 0.1) is 19.4 Å². The Bertz CT molecular complexity index is 833. The summed E-state index contributed by atoms with van der Waals surface area (Å²) in [5, 5.41) is 9.76. The fourth-order valence-electron chi connectivity index (χ4n) is 2.77. The van der Waals surface area contributed by atoms with Crippen LogP contribution in [-0.2, 0) is 16.7 Å². The third kappa shape index (κ3) is 5.02. The van der Waals surface area contributed by atoms with Crippen molar-refractivity contribution in [2.75, 3.05) is 19.0 Å². The first-order valence-electron chi connectivity index (χ1n) is 9.26. The molecule has 144 valence electrons. The molecule has 0 unspecified atom stereocenters. The molecule has 0 spiro atoms. The van der Waals surface area contributed by atoms with Gasteiger partial charge in [-0.15, -0.1) is 10.2 Å². The molecule has 27 heavy (non-hydrogen) atoms. The third-order valence-corrected chi connectivity index (χ3v) is 5.21. The molecule has 3 rings (SSSR count). The van der Waals surface area contributed by atoms with Gasteiger partial charge in [-0.25, -0.2) is 0 Å². The van der Waals surface area contributed by atoms with Crippen LogP contribution in [0.5, 0.6) is 0 Å². The highest BCUT2D eigenvalue weighted by Gasteiger charge is 2.18. The number of nitrogens with zero attached hydrogens (tertiary/aromatic N) is 3. The fraction of sp³-hybridized carbons (Fsp3) is 0.429. The first-order chi connectivity index (χ1) is 13.0. The molecule has 0 amide bonds. The maximum atomic E-state index is 5.55. The van der Waals surface area contributed by atoms with E-state index in [1.165, 1.54) is 5.56 Å². The number of ether oxygens (including phenoxy) is 1. The number of rotatable bonds is 8. The summed E-state index contributed by atoms with van der Waals surface area (Å²) in [5.74, 6) is 2.58. The zero-order valence-corrected chi connectivity index (χ0v) is 17.3. The van der Waals surface area contributed by atoms with Gasteiger partial charge in [0.1, 0.15) is 5.76 Å². The molecule has 3 aromatic rings. The zero-order chi connectivity index (χ0) is 19.3. The van der Waals surface area contributed by atoms with E-state index in [1.807, 2.05) is 19.1 Å². The molecule has 0 saturated heterocycles. The Morgan fingerprint density at radius 2 is 1.89 bits per heavy atom. The van der Waals surface area contributed by atoms with Crippen molar-refractivity contribution in [3.8, 4) is 11.4 Å². The first kappa shape index (κ1) is 19.7. The topological polar surface area (TPSA) is 53.1 Å². The molecule has 0 fully saturated rings. The maximum absolute atomic E-state index is 5.55. The Hall–Kier alpha value is -2.05. The summed E-state index contributed by atoms with van der Waals surface area (Å²) in [7, 11) is 0. The molecule has 2 aromatic heterocycles. The lowest BCUT2D eigenvalue weighted by Gasteiger charge is -2.19. The van der Waals surface area contributed by atoms with Gasteiger partial charge in [0.2, 0.25) is 0 Å². The molecule has 0 N–H and O–H groups in total. The lowest BCUT2D eigenvalue weighted by Crippen LogP contribution is -2.10. The number of aromatic nitrogens is 3. The molecular formula is C21H27N3O2S. The predicted molar refractivity (Wildman–Crippen MR) is 109 cm³/mol. The third-order valence-electron chi connectivity index (χ3n) is 4.28. The van der Waals surface area contributed by atoms with Crippen LogP contribution in [0.1, 0.15) is 39.0 Å². The SMILES string of the molecule is CCOCCSc1nnc(-c2ccc(C(C)(C)C)cc2)n1Cc1ccco1. The lowest BCUT2D eigenvalue weighted by molar-refractivity contribution is 0.164. The van der Waals surface area contributed by atoms with Crippen LogP contribution in [0.15, 0.2) is 52.2 Å². The number of hydrogen-bond acceptors (Lipinski definition) is 5. The normalized spacial score (nSPS) is 11.9. The largest absolute Gasteiger partial charge is 0.467 e. The van der Waals surface area contributed by atoms with Gasteiger partial charge in [0.25, 0.3) is 0 Å². The lowest BCUT2D eigenvalue weighted by atomic mass is 9.87. The van der Waals surface area contributed by atoms with Gasteiger partial charge < -0.3 is 9.15 Å². The summed E-state index contributed by atoms with van der Waals surface area (Å²) < 4.78 is 13.1. The summed E-state index contributed by atoms with van der Waals surface area (Å²) >= 11 is 1.65. The van der Waals surface area contributed by atoms with E-state index in [9.17, 15) is 0 Å². The van der Waals surface area contributed by atoms with Crippen molar-refractivity contribution in [2.24, 2.45) is 0 Å². The van der Waals surface area contributed by atoms with Crippen LogP contribution in [0.4, 0.5) is 0 Å². The Balaban J connectivity index is 1.88. The Labute approximate surface area is 165 Å². The van der Waals surface area contributed by atoms with Crippen molar-refractivity contribution in [1.82, 2.24) is 14.8 Å². The van der Waals surface area contributed by atoms with E-state index >= 15 is 0 Å². The summed E-state index contributed by atoms with van der Waals surface area (Å²) in [6.07, 6.45) is 1.69. The number of thioether (sulfide) groups is 1. The van der Waals surface area contributed by atoms with Crippen molar-refractivity contribution in [1.29, 1.82) is 0 Å². The van der Waals surface area contributed by atoms with Crippen molar-refractivity contribution >= 4 is 11.8 Å². The average Bonchev–Trinajstić information content (AvgIpc) is 3.29. The molecule has 0 aliphatic heterocycles. The average molecular weight is 386 g/mol. The summed E-state index contributed by atoms with van der Waals surface area (Å²) in [5.41, 5.74) is 2.48. The highest BCUT2D eigenvalue weighted by atomic mass is 32.2. The Kier molecular flexibility index (Phi) is 6.39. The smallest absolute Gasteiger partial charge is 0.192 e. The molecule has 0 radical (unpaired) electrons. The van der Waals surface area contributed by atoms with Crippen LogP contribution in [0.3, 0.4) is 0 Å². The van der Waals surface area contributed by atoms with Gasteiger partial charge in [-0.1, -0.05) is 56.8 Å². The van der Waals surface area contributed by atoms with Gasteiger partial charge in [-0.3, -0.25) is 4.57 Å². The molecule has 6 heteroatoms. The molecule has 0 atom stereocenters. The Morgan fingerprint density at radius 1 is 1.11 bits per heavy atom. The van der Waals surface area contributed by atoms with E-state index < -0.39 is 0 Å². The molecule has 5 nitrogen and oxygen atoms in total. The van der Waals surface area contributed by atoms with Gasteiger partial charge >= 0.3 is 0 Å². The number of furan rings is 1. The standard InChI is InChI=1S/C21H27N3O2S/c1-5-25-13-14-27-20-23-22-19(24(20)15-18-7-6-12-26-18)16-8-10-17(11-9-16)21(2,3)4/h6-12H,5,13-15H2,1-4H3. The van der Waals surface area contributed by atoms with Crippen LogP contribution in [0.2, 0.25) is 0 Å². The summed E-state index contributed by atoms with van der Waals surface area (Å²) in [6, 6.07) is 12.5. The molecular weight excluding hydrogens is 358 g/mol. The van der Waals surface area contributed by atoms with Crippen LogP contribution < -0.4 is 0 Å². The van der Waals surface area contributed by atoms with Gasteiger partial charge in [0, 0.05) is 17.9 Å². The monoisotopic (exact) mass is 385 g/mol. The van der Waals surface area contributed by atoms with Crippen LogP contribution in [-0.4, -0.2) is 33.7 Å². The minimum Gasteiger partial charge on any atom is -0.467 e. The summed E-state index contributed by atoms with van der Waals surface area (Å²) in [6.45, 7) is 10.7. The predicted octanol–water partition coefficient (Wildman–Crippen LogP) is 5.01. The van der Waals surface area contributed by atoms with Crippen LogP contribution >= 0.6 is 11.8 Å². The Morgan fingerprint density at radius 3 is 2.52 bits per heavy atom. The molecule has 0 saturated carbocycles. The van der Waals surface area contributed by atoms with E-state index in [1.54, 1.807) is 18.0 Å². The maximum Gasteiger partial charge on any atom is 0.192 e.